The molecule has 1 saturated heterocycles. The highest BCUT2D eigenvalue weighted by Crippen LogP contribution is 2.28. The highest BCUT2D eigenvalue weighted by molar-refractivity contribution is 6.22. The van der Waals surface area contributed by atoms with Crippen LogP contribution in [0.5, 0.6) is 5.75 Å². The van der Waals surface area contributed by atoms with Crippen molar-refractivity contribution in [3.8, 4) is 5.75 Å². The molecule has 1 heterocycles. The van der Waals surface area contributed by atoms with Crippen LogP contribution in [0.3, 0.4) is 0 Å². The molecule has 7 nitrogen and oxygen atoms in total. The molecule has 3 rings (SSSR count). The Kier molecular flexibility index (Phi) is 7.28. The molecule has 0 radical (unpaired) electrons. The molecule has 1 atom stereocenters. The van der Waals surface area contributed by atoms with E-state index in [1.807, 2.05) is 26.8 Å². The van der Waals surface area contributed by atoms with Crippen LogP contribution >= 0.6 is 0 Å². The second-order valence-corrected chi connectivity index (χ2v) is 7.98. The molecule has 1 aliphatic rings. The number of nitrogens with zero attached hydrogens (tertiary/aromatic N) is 2. The first-order valence-corrected chi connectivity index (χ1v) is 10.6. The van der Waals surface area contributed by atoms with Gasteiger partial charge in [-0.25, -0.2) is 9.69 Å². The summed E-state index contributed by atoms with van der Waals surface area (Å²) in [6.45, 7) is 7.01. The molecule has 1 aliphatic heterocycles. The van der Waals surface area contributed by atoms with Gasteiger partial charge >= 0.3 is 6.03 Å². The van der Waals surface area contributed by atoms with Crippen LogP contribution in [0, 0.1) is 5.92 Å². The van der Waals surface area contributed by atoms with Gasteiger partial charge in [0.1, 0.15) is 11.8 Å². The Labute approximate surface area is 183 Å². The van der Waals surface area contributed by atoms with Crippen LogP contribution < -0.4 is 15.0 Å². The average Bonchev–Trinajstić information content (AvgIpc) is 2.97. The standard InChI is InChI=1S/C24H29N3O4/c1-4-14-31-20-12-10-18(11-13-20)25-22(28)15-21-23(29)27(19-8-6-5-7-9-19)24(30)26(21)16-17(2)3/h5-13,17,21H,4,14-16H2,1-3H3,(H,25,28). The molecule has 0 aromatic heterocycles. The smallest absolute Gasteiger partial charge is 0.332 e. The van der Waals surface area contributed by atoms with Crippen molar-refractivity contribution in [2.75, 3.05) is 23.4 Å². The number of rotatable bonds is 9. The highest BCUT2D eigenvalue weighted by atomic mass is 16.5. The number of nitrogens with one attached hydrogen (secondary N) is 1. The third-order valence-electron chi connectivity index (χ3n) is 4.88. The Morgan fingerprint density at radius 1 is 1.06 bits per heavy atom. The fraction of sp³-hybridized carbons (Fsp3) is 0.375. The van der Waals surface area contributed by atoms with E-state index in [-0.39, 0.29) is 30.2 Å². The van der Waals surface area contributed by atoms with Crippen LogP contribution in [0.1, 0.15) is 33.6 Å². The van der Waals surface area contributed by atoms with Crippen molar-refractivity contribution in [2.24, 2.45) is 5.92 Å². The van der Waals surface area contributed by atoms with Crippen molar-refractivity contribution in [1.82, 2.24) is 4.90 Å². The largest absolute Gasteiger partial charge is 0.494 e. The van der Waals surface area contributed by atoms with Gasteiger partial charge in [-0.2, -0.15) is 0 Å². The number of urea groups is 1. The molecule has 31 heavy (non-hydrogen) atoms. The summed E-state index contributed by atoms with van der Waals surface area (Å²) in [5, 5.41) is 2.81. The molecule has 1 unspecified atom stereocenters. The van der Waals surface area contributed by atoms with Gasteiger partial charge in [0.15, 0.2) is 0 Å². The lowest BCUT2D eigenvalue weighted by molar-refractivity contribution is -0.124. The predicted molar refractivity (Wildman–Crippen MR) is 120 cm³/mol. The normalized spacial score (nSPS) is 16.2. The van der Waals surface area contributed by atoms with E-state index in [0.29, 0.717) is 24.5 Å². The molecule has 2 aromatic rings. The van der Waals surface area contributed by atoms with Crippen molar-refractivity contribution in [3.05, 3.63) is 54.6 Å². The van der Waals surface area contributed by atoms with E-state index in [0.717, 1.165) is 12.2 Å². The maximum atomic E-state index is 13.1. The third-order valence-corrected chi connectivity index (χ3v) is 4.88. The molecule has 7 heteroatoms. The lowest BCUT2D eigenvalue weighted by atomic mass is 10.1. The zero-order chi connectivity index (χ0) is 22.4. The number of para-hydroxylation sites is 1. The average molecular weight is 424 g/mol. The summed E-state index contributed by atoms with van der Waals surface area (Å²) in [4.78, 5) is 41.5. The molecule has 4 amide bonds. The summed E-state index contributed by atoms with van der Waals surface area (Å²) >= 11 is 0. The number of benzene rings is 2. The second kappa shape index (κ2) is 10.1. The van der Waals surface area contributed by atoms with E-state index in [4.69, 9.17) is 4.74 Å². The first-order valence-electron chi connectivity index (χ1n) is 10.6. The number of amides is 4. The quantitative estimate of drug-likeness (QED) is 0.610. The van der Waals surface area contributed by atoms with Crippen LogP contribution in [-0.4, -0.2) is 41.9 Å². The SMILES string of the molecule is CCCOc1ccc(NC(=O)CC2C(=O)N(c3ccccc3)C(=O)N2CC(C)C)cc1. The van der Waals surface area contributed by atoms with Gasteiger partial charge < -0.3 is 15.0 Å². The molecular formula is C24H29N3O4. The lowest BCUT2D eigenvalue weighted by Gasteiger charge is -2.23. The van der Waals surface area contributed by atoms with Crippen molar-refractivity contribution in [3.63, 3.8) is 0 Å². The fourth-order valence-electron chi connectivity index (χ4n) is 3.49. The van der Waals surface area contributed by atoms with Crippen LogP contribution in [-0.2, 0) is 9.59 Å². The van der Waals surface area contributed by atoms with Gasteiger partial charge in [0, 0.05) is 12.2 Å². The lowest BCUT2D eigenvalue weighted by Crippen LogP contribution is -2.40. The Bertz CT molecular complexity index is 912. The monoisotopic (exact) mass is 423 g/mol. The molecule has 2 aromatic carbocycles. The molecule has 1 fully saturated rings. The third kappa shape index (κ3) is 5.42. The molecule has 164 valence electrons. The van der Waals surface area contributed by atoms with E-state index in [2.05, 4.69) is 5.32 Å². The summed E-state index contributed by atoms with van der Waals surface area (Å²) < 4.78 is 5.55. The summed E-state index contributed by atoms with van der Waals surface area (Å²) in [6.07, 6.45) is 0.814. The number of ether oxygens (including phenoxy) is 1. The molecule has 0 saturated carbocycles. The zero-order valence-electron chi connectivity index (χ0n) is 18.2. The van der Waals surface area contributed by atoms with E-state index in [1.54, 1.807) is 48.5 Å². The van der Waals surface area contributed by atoms with Crippen LogP contribution in [0.4, 0.5) is 16.2 Å². The van der Waals surface area contributed by atoms with Gasteiger partial charge in [-0.3, -0.25) is 9.59 Å². The number of anilines is 2. The summed E-state index contributed by atoms with van der Waals surface area (Å²) in [6, 6.07) is 14.7. The van der Waals surface area contributed by atoms with E-state index in [1.165, 1.54) is 9.80 Å². The minimum atomic E-state index is -0.831. The first-order chi connectivity index (χ1) is 14.9. The highest BCUT2D eigenvalue weighted by Gasteiger charge is 2.46. The van der Waals surface area contributed by atoms with Gasteiger partial charge in [-0.1, -0.05) is 39.0 Å². The van der Waals surface area contributed by atoms with Gasteiger partial charge in [0.2, 0.25) is 5.91 Å². The zero-order valence-corrected chi connectivity index (χ0v) is 18.2. The van der Waals surface area contributed by atoms with Gasteiger partial charge in [-0.05, 0) is 48.7 Å². The van der Waals surface area contributed by atoms with Crippen LogP contribution in [0.15, 0.2) is 54.6 Å². The topological polar surface area (TPSA) is 79.0 Å². The van der Waals surface area contributed by atoms with E-state index >= 15 is 0 Å². The first kappa shape index (κ1) is 22.3. The number of carbonyl (C=O) groups is 3. The Morgan fingerprint density at radius 3 is 2.35 bits per heavy atom. The number of hydrogen-bond acceptors (Lipinski definition) is 4. The van der Waals surface area contributed by atoms with Crippen LogP contribution in [0.25, 0.3) is 0 Å². The fourth-order valence-corrected chi connectivity index (χ4v) is 3.49. The summed E-state index contributed by atoms with van der Waals surface area (Å²) in [5.41, 5.74) is 1.12. The van der Waals surface area contributed by atoms with E-state index < -0.39 is 6.04 Å². The Morgan fingerprint density at radius 2 is 1.74 bits per heavy atom. The van der Waals surface area contributed by atoms with Crippen molar-refractivity contribution < 1.29 is 19.1 Å². The molecule has 1 N–H and O–H groups in total. The maximum absolute atomic E-state index is 13.1. The van der Waals surface area contributed by atoms with Crippen molar-refractivity contribution in [1.29, 1.82) is 0 Å². The summed E-state index contributed by atoms with van der Waals surface area (Å²) in [5.74, 6) is 0.194. The number of imide groups is 1. The molecule has 0 spiro atoms. The number of carbonyl (C=O) groups excluding carboxylic acids is 3. The molecule has 0 bridgehead atoms. The van der Waals surface area contributed by atoms with Crippen molar-refractivity contribution >= 4 is 29.2 Å². The van der Waals surface area contributed by atoms with Crippen LogP contribution in [0.2, 0.25) is 0 Å². The van der Waals surface area contributed by atoms with Gasteiger partial charge in [0.05, 0.1) is 18.7 Å². The Balaban J connectivity index is 1.72. The maximum Gasteiger partial charge on any atom is 0.332 e. The van der Waals surface area contributed by atoms with Gasteiger partial charge in [0.25, 0.3) is 5.91 Å². The van der Waals surface area contributed by atoms with Crippen molar-refractivity contribution in [2.45, 2.75) is 39.7 Å². The summed E-state index contributed by atoms with van der Waals surface area (Å²) in [7, 11) is 0. The van der Waals surface area contributed by atoms with Gasteiger partial charge in [-0.15, -0.1) is 0 Å². The minimum absolute atomic E-state index is 0.102. The molecule has 0 aliphatic carbocycles. The predicted octanol–water partition coefficient (Wildman–Crippen LogP) is 4.30. The minimum Gasteiger partial charge on any atom is -0.494 e. The Hall–Kier alpha value is -3.35. The second-order valence-electron chi connectivity index (χ2n) is 7.98. The number of hydrogen-bond donors (Lipinski definition) is 1. The molecular weight excluding hydrogens is 394 g/mol. The van der Waals surface area contributed by atoms with E-state index in [9.17, 15) is 14.4 Å².